The summed E-state index contributed by atoms with van der Waals surface area (Å²) in [5.74, 6) is -0.0786. The lowest BCUT2D eigenvalue weighted by Crippen LogP contribution is -2.48. The van der Waals surface area contributed by atoms with Gasteiger partial charge in [0, 0.05) is 12.6 Å². The molecule has 1 amide bonds. The van der Waals surface area contributed by atoms with Crippen molar-refractivity contribution in [3.63, 3.8) is 0 Å². The Balaban J connectivity index is 1.89. The topological polar surface area (TPSA) is 38.8 Å². The van der Waals surface area contributed by atoms with Crippen molar-refractivity contribution in [3.8, 4) is 5.75 Å². The minimum absolute atomic E-state index is 0.0654. The second kappa shape index (κ2) is 7.87. The first-order valence-corrected chi connectivity index (χ1v) is 8.82. The average Bonchev–Trinajstić information content (AvgIpc) is 2.67. The molecule has 138 valence electrons. The first-order chi connectivity index (χ1) is 12.5. The molecule has 0 aliphatic carbocycles. The lowest BCUT2D eigenvalue weighted by molar-refractivity contribution is -0.0955. The summed E-state index contributed by atoms with van der Waals surface area (Å²) in [6.45, 7) is 5.12. The van der Waals surface area contributed by atoms with Crippen LogP contribution in [0.25, 0.3) is 0 Å². The number of amides is 1. The van der Waals surface area contributed by atoms with Crippen LogP contribution in [0.5, 0.6) is 5.75 Å². The molecule has 2 aromatic carbocycles. The van der Waals surface area contributed by atoms with Gasteiger partial charge in [-0.15, -0.1) is 0 Å². The maximum atomic E-state index is 13.5. The number of hydrogen-bond acceptors (Lipinski definition) is 3. The van der Waals surface area contributed by atoms with Gasteiger partial charge in [0.25, 0.3) is 5.91 Å². The highest BCUT2D eigenvalue weighted by Gasteiger charge is 2.34. The smallest absolute Gasteiger partial charge is 0.257 e. The van der Waals surface area contributed by atoms with Crippen LogP contribution < -0.4 is 4.74 Å². The van der Waals surface area contributed by atoms with Crippen molar-refractivity contribution in [2.24, 2.45) is 5.92 Å². The van der Waals surface area contributed by atoms with E-state index in [-0.39, 0.29) is 29.8 Å². The summed E-state index contributed by atoms with van der Waals surface area (Å²) in [6.07, 6.45) is -0.253. The standard InChI is InChI=1S/C21H24FNO3/c1-14(2)19-12-23(13-20(26-19)15-7-5-4-6-8-15)21(24)17-10-9-16(22)11-18(17)25-3/h4-11,14,19-20H,12-13H2,1-3H3/t19-,20+/m1/s1. The van der Waals surface area contributed by atoms with Gasteiger partial charge in [-0.05, 0) is 23.6 Å². The van der Waals surface area contributed by atoms with Crippen molar-refractivity contribution in [2.45, 2.75) is 26.1 Å². The highest BCUT2D eigenvalue weighted by atomic mass is 19.1. The number of hydrogen-bond donors (Lipinski definition) is 0. The number of methoxy groups -OCH3 is 1. The van der Waals surface area contributed by atoms with E-state index in [1.165, 1.54) is 25.3 Å². The number of rotatable bonds is 4. The summed E-state index contributed by atoms with van der Waals surface area (Å²) in [7, 11) is 1.44. The second-order valence-corrected chi connectivity index (χ2v) is 6.87. The number of nitrogens with zero attached hydrogens (tertiary/aromatic N) is 1. The minimum Gasteiger partial charge on any atom is -0.496 e. The van der Waals surface area contributed by atoms with Gasteiger partial charge in [-0.2, -0.15) is 0 Å². The Hall–Kier alpha value is -2.40. The first-order valence-electron chi connectivity index (χ1n) is 8.82. The van der Waals surface area contributed by atoms with Crippen LogP contribution in [0.3, 0.4) is 0 Å². The zero-order chi connectivity index (χ0) is 18.7. The third kappa shape index (κ3) is 3.88. The number of morpholine rings is 1. The highest BCUT2D eigenvalue weighted by molar-refractivity contribution is 5.97. The molecule has 1 saturated heterocycles. The molecule has 3 rings (SSSR count). The predicted molar refractivity (Wildman–Crippen MR) is 97.7 cm³/mol. The predicted octanol–water partition coefficient (Wildman–Crippen LogP) is 4.07. The van der Waals surface area contributed by atoms with Gasteiger partial charge in [-0.3, -0.25) is 4.79 Å². The van der Waals surface area contributed by atoms with Crippen LogP contribution in [0, 0.1) is 11.7 Å². The van der Waals surface area contributed by atoms with Crippen LogP contribution in [0.1, 0.15) is 35.9 Å². The van der Waals surface area contributed by atoms with E-state index < -0.39 is 5.82 Å². The second-order valence-electron chi connectivity index (χ2n) is 6.87. The van der Waals surface area contributed by atoms with E-state index in [2.05, 4.69) is 13.8 Å². The van der Waals surface area contributed by atoms with E-state index in [0.29, 0.717) is 18.7 Å². The molecule has 1 aliphatic rings. The van der Waals surface area contributed by atoms with Gasteiger partial charge < -0.3 is 14.4 Å². The van der Waals surface area contributed by atoms with Crippen LogP contribution in [-0.2, 0) is 4.74 Å². The molecule has 1 fully saturated rings. The summed E-state index contributed by atoms with van der Waals surface area (Å²) in [6, 6.07) is 13.9. The van der Waals surface area contributed by atoms with E-state index >= 15 is 0 Å². The molecule has 1 heterocycles. The number of ether oxygens (including phenoxy) is 2. The number of carbonyl (C=O) groups excluding carboxylic acids is 1. The van der Waals surface area contributed by atoms with Crippen LogP contribution in [0.2, 0.25) is 0 Å². The number of carbonyl (C=O) groups is 1. The molecule has 2 aromatic rings. The molecule has 5 heteroatoms. The fourth-order valence-corrected chi connectivity index (χ4v) is 3.19. The largest absolute Gasteiger partial charge is 0.496 e. The normalized spacial score (nSPS) is 20.3. The molecule has 0 saturated carbocycles. The molecule has 0 radical (unpaired) electrons. The van der Waals surface area contributed by atoms with Crippen LogP contribution in [0.4, 0.5) is 4.39 Å². The van der Waals surface area contributed by atoms with Crippen molar-refractivity contribution in [2.75, 3.05) is 20.2 Å². The lowest BCUT2D eigenvalue weighted by Gasteiger charge is -2.40. The summed E-state index contributed by atoms with van der Waals surface area (Å²) < 4.78 is 24.9. The van der Waals surface area contributed by atoms with Crippen LogP contribution >= 0.6 is 0 Å². The van der Waals surface area contributed by atoms with Crippen molar-refractivity contribution >= 4 is 5.91 Å². The van der Waals surface area contributed by atoms with E-state index in [4.69, 9.17) is 9.47 Å². The van der Waals surface area contributed by atoms with E-state index in [1.54, 1.807) is 4.90 Å². The highest BCUT2D eigenvalue weighted by Crippen LogP contribution is 2.30. The third-order valence-electron chi connectivity index (χ3n) is 4.72. The molecule has 1 aliphatic heterocycles. The van der Waals surface area contributed by atoms with Crippen molar-refractivity contribution in [1.29, 1.82) is 0 Å². The first kappa shape index (κ1) is 18.4. The van der Waals surface area contributed by atoms with Gasteiger partial charge in [-0.1, -0.05) is 44.2 Å². The Kier molecular flexibility index (Phi) is 5.57. The number of halogens is 1. The molecule has 0 spiro atoms. The van der Waals surface area contributed by atoms with Crippen molar-refractivity contribution in [1.82, 2.24) is 4.90 Å². The van der Waals surface area contributed by atoms with Gasteiger partial charge in [0.1, 0.15) is 17.7 Å². The quantitative estimate of drug-likeness (QED) is 0.828. The average molecular weight is 357 g/mol. The van der Waals surface area contributed by atoms with E-state index in [1.807, 2.05) is 30.3 Å². The molecule has 26 heavy (non-hydrogen) atoms. The minimum atomic E-state index is -0.428. The van der Waals surface area contributed by atoms with Crippen molar-refractivity contribution < 1.29 is 18.7 Å². The summed E-state index contributed by atoms with van der Waals surface area (Å²) >= 11 is 0. The van der Waals surface area contributed by atoms with E-state index in [0.717, 1.165) is 5.56 Å². The zero-order valence-electron chi connectivity index (χ0n) is 15.3. The van der Waals surface area contributed by atoms with Gasteiger partial charge in [0.2, 0.25) is 0 Å². The molecular formula is C21H24FNO3. The fourth-order valence-electron chi connectivity index (χ4n) is 3.19. The van der Waals surface area contributed by atoms with Gasteiger partial charge in [-0.25, -0.2) is 4.39 Å². The Labute approximate surface area is 153 Å². The van der Waals surface area contributed by atoms with Crippen molar-refractivity contribution in [3.05, 3.63) is 65.5 Å². The molecule has 0 aromatic heterocycles. The van der Waals surface area contributed by atoms with E-state index in [9.17, 15) is 9.18 Å². The molecule has 0 bridgehead atoms. The maximum Gasteiger partial charge on any atom is 0.257 e. The summed E-state index contributed by atoms with van der Waals surface area (Å²) in [4.78, 5) is 14.9. The van der Waals surface area contributed by atoms with Gasteiger partial charge >= 0.3 is 0 Å². The zero-order valence-corrected chi connectivity index (χ0v) is 15.3. The molecule has 2 atom stereocenters. The lowest BCUT2D eigenvalue weighted by atomic mass is 10.00. The van der Waals surface area contributed by atoms with Gasteiger partial charge in [0.15, 0.2) is 0 Å². The Morgan fingerprint density at radius 3 is 2.58 bits per heavy atom. The third-order valence-corrected chi connectivity index (χ3v) is 4.72. The molecule has 4 nitrogen and oxygen atoms in total. The maximum absolute atomic E-state index is 13.5. The van der Waals surface area contributed by atoms with Gasteiger partial charge in [0.05, 0.1) is 25.3 Å². The van der Waals surface area contributed by atoms with Crippen LogP contribution in [-0.4, -0.2) is 37.1 Å². The van der Waals surface area contributed by atoms with Crippen LogP contribution in [0.15, 0.2) is 48.5 Å². The SMILES string of the molecule is COc1cc(F)ccc1C(=O)N1C[C@@H](c2ccccc2)O[C@@H](C(C)C)C1. The summed E-state index contributed by atoms with van der Waals surface area (Å²) in [5.41, 5.74) is 1.41. The Morgan fingerprint density at radius 2 is 1.92 bits per heavy atom. The Bertz CT molecular complexity index is 763. The monoisotopic (exact) mass is 357 g/mol. The number of benzene rings is 2. The fraction of sp³-hybridized carbons (Fsp3) is 0.381. The molecule has 0 N–H and O–H groups in total. The Morgan fingerprint density at radius 1 is 1.19 bits per heavy atom. The summed E-state index contributed by atoms with van der Waals surface area (Å²) in [5, 5.41) is 0. The molecule has 0 unspecified atom stereocenters. The molecular weight excluding hydrogens is 333 g/mol.